The van der Waals surface area contributed by atoms with Gasteiger partial charge in [0.15, 0.2) is 15.5 Å². The highest BCUT2D eigenvalue weighted by Crippen LogP contribution is 2.32. The van der Waals surface area contributed by atoms with Crippen LogP contribution in [0.15, 0.2) is 71.6 Å². The fraction of sp³-hybridized carbons (Fsp3) is 0.0800. The Morgan fingerprint density at radius 2 is 1.71 bits per heavy atom. The maximum absolute atomic E-state index is 15.0. The lowest BCUT2D eigenvalue weighted by atomic mass is 10.0. The van der Waals surface area contributed by atoms with Gasteiger partial charge in [-0.3, -0.25) is 4.79 Å². The molecule has 0 atom stereocenters. The van der Waals surface area contributed by atoms with Crippen molar-refractivity contribution in [2.45, 2.75) is 11.1 Å². The van der Waals surface area contributed by atoms with Crippen LogP contribution >= 0.6 is 0 Å². The molecule has 0 aliphatic carbocycles. The Labute approximate surface area is 212 Å². The molecule has 7 nitrogen and oxygen atoms in total. The molecule has 13 heteroatoms. The standard InChI is InChI=1S/C25H15F5N4O3S/c1-38(36,37)22-5-3-2-4-17(22)14-6-9-20(19(27)11-14)32-24(35)21-12-23(25(28,29)30)33-34(21)16-7-8-18(26)15(10-16)13-31/h2-12H,1H3,(H,32,35). The number of amides is 1. The number of nitrogens with zero attached hydrogens (tertiary/aromatic N) is 3. The highest BCUT2D eigenvalue weighted by molar-refractivity contribution is 7.90. The van der Waals surface area contributed by atoms with Crippen molar-refractivity contribution >= 4 is 21.4 Å². The van der Waals surface area contributed by atoms with E-state index in [-0.39, 0.29) is 21.7 Å². The van der Waals surface area contributed by atoms with Crippen LogP contribution in [0.3, 0.4) is 0 Å². The van der Waals surface area contributed by atoms with Crippen LogP contribution in [0, 0.1) is 23.0 Å². The van der Waals surface area contributed by atoms with Crippen LogP contribution in [0.1, 0.15) is 21.7 Å². The lowest BCUT2D eigenvalue weighted by Gasteiger charge is -2.12. The lowest BCUT2D eigenvalue weighted by Crippen LogP contribution is -2.18. The molecule has 1 aromatic heterocycles. The minimum Gasteiger partial charge on any atom is -0.318 e. The Kier molecular flexibility index (Phi) is 6.77. The summed E-state index contributed by atoms with van der Waals surface area (Å²) in [7, 11) is -3.65. The Hall–Kier alpha value is -4.57. The number of rotatable bonds is 5. The molecule has 0 spiro atoms. The number of halogens is 5. The smallest absolute Gasteiger partial charge is 0.318 e. The van der Waals surface area contributed by atoms with E-state index in [1.54, 1.807) is 12.1 Å². The van der Waals surface area contributed by atoms with Crippen LogP contribution in [0.4, 0.5) is 27.6 Å². The van der Waals surface area contributed by atoms with E-state index in [9.17, 15) is 35.2 Å². The van der Waals surface area contributed by atoms with Crippen LogP contribution in [0.2, 0.25) is 0 Å². The molecule has 1 heterocycles. The molecular weight excluding hydrogens is 531 g/mol. The molecule has 38 heavy (non-hydrogen) atoms. The van der Waals surface area contributed by atoms with Crippen molar-refractivity contribution in [3.63, 3.8) is 0 Å². The quantitative estimate of drug-likeness (QED) is 0.339. The SMILES string of the molecule is CS(=O)(=O)c1ccccc1-c1ccc(NC(=O)c2cc(C(F)(F)F)nn2-c2ccc(F)c(C#N)c2)c(F)c1. The Bertz CT molecular complexity index is 1720. The molecule has 0 aliphatic rings. The fourth-order valence-corrected chi connectivity index (χ4v) is 4.52. The van der Waals surface area contributed by atoms with Gasteiger partial charge in [0.1, 0.15) is 23.4 Å². The topological polar surface area (TPSA) is 105 Å². The summed E-state index contributed by atoms with van der Waals surface area (Å²) in [6.07, 6.45) is -3.95. The zero-order chi connectivity index (χ0) is 27.8. The number of nitriles is 1. The van der Waals surface area contributed by atoms with Crippen molar-refractivity contribution in [2.75, 3.05) is 11.6 Å². The molecule has 4 rings (SSSR count). The lowest BCUT2D eigenvalue weighted by molar-refractivity contribution is -0.141. The van der Waals surface area contributed by atoms with Crippen molar-refractivity contribution in [1.82, 2.24) is 9.78 Å². The van der Waals surface area contributed by atoms with Gasteiger partial charge in [-0.15, -0.1) is 0 Å². The summed E-state index contributed by atoms with van der Waals surface area (Å²) in [6.45, 7) is 0. The predicted octanol–water partition coefficient (Wildman–Crippen LogP) is 5.36. The van der Waals surface area contributed by atoms with Gasteiger partial charge in [-0.05, 0) is 42.0 Å². The third-order valence-corrected chi connectivity index (χ3v) is 6.52. The molecule has 0 fully saturated rings. The zero-order valence-electron chi connectivity index (χ0n) is 19.2. The third-order valence-electron chi connectivity index (χ3n) is 5.36. The number of carbonyl (C=O) groups is 1. The minimum atomic E-state index is -4.95. The van der Waals surface area contributed by atoms with Crippen molar-refractivity contribution in [3.8, 4) is 22.9 Å². The van der Waals surface area contributed by atoms with E-state index in [0.717, 1.165) is 36.6 Å². The van der Waals surface area contributed by atoms with Crippen molar-refractivity contribution in [2.24, 2.45) is 0 Å². The zero-order valence-corrected chi connectivity index (χ0v) is 20.0. The highest BCUT2D eigenvalue weighted by Gasteiger charge is 2.36. The van der Waals surface area contributed by atoms with Crippen LogP contribution in [0.25, 0.3) is 16.8 Å². The molecule has 0 aliphatic heterocycles. The summed E-state index contributed by atoms with van der Waals surface area (Å²) in [5, 5.41) is 14.6. The molecule has 0 unspecified atom stereocenters. The van der Waals surface area contributed by atoms with Gasteiger partial charge in [-0.2, -0.15) is 23.5 Å². The maximum Gasteiger partial charge on any atom is 0.435 e. The molecule has 0 saturated heterocycles. The number of hydrogen-bond donors (Lipinski definition) is 1. The molecule has 4 aromatic rings. The molecule has 3 aromatic carbocycles. The van der Waals surface area contributed by atoms with E-state index in [1.807, 2.05) is 0 Å². The third kappa shape index (κ3) is 5.25. The van der Waals surface area contributed by atoms with E-state index in [2.05, 4.69) is 10.4 Å². The Morgan fingerprint density at radius 1 is 1.00 bits per heavy atom. The molecular formula is C25H15F5N4O3S. The first-order chi connectivity index (χ1) is 17.8. The van der Waals surface area contributed by atoms with Crippen molar-refractivity contribution in [1.29, 1.82) is 5.26 Å². The van der Waals surface area contributed by atoms with Gasteiger partial charge in [0.25, 0.3) is 5.91 Å². The summed E-state index contributed by atoms with van der Waals surface area (Å²) in [6, 6.07) is 14.1. The molecule has 1 amide bonds. The summed E-state index contributed by atoms with van der Waals surface area (Å²) in [5.41, 5.74) is -2.83. The van der Waals surface area contributed by atoms with Crippen molar-refractivity contribution in [3.05, 3.63) is 95.3 Å². The van der Waals surface area contributed by atoms with E-state index in [0.29, 0.717) is 10.7 Å². The van der Waals surface area contributed by atoms with Crippen LogP contribution < -0.4 is 5.32 Å². The fourth-order valence-electron chi connectivity index (χ4n) is 3.61. The largest absolute Gasteiger partial charge is 0.435 e. The van der Waals surface area contributed by atoms with Gasteiger partial charge in [0.2, 0.25) is 0 Å². The summed E-state index contributed by atoms with van der Waals surface area (Å²) in [5.74, 6) is -3.10. The number of nitrogens with one attached hydrogen (secondary N) is 1. The number of benzene rings is 3. The summed E-state index contributed by atoms with van der Waals surface area (Å²) in [4.78, 5) is 12.9. The first-order valence-corrected chi connectivity index (χ1v) is 12.5. The van der Waals surface area contributed by atoms with Crippen LogP contribution in [0.5, 0.6) is 0 Å². The van der Waals surface area contributed by atoms with Gasteiger partial charge >= 0.3 is 6.18 Å². The second kappa shape index (κ2) is 9.71. The van der Waals surface area contributed by atoms with Gasteiger partial charge in [0, 0.05) is 17.9 Å². The number of carbonyl (C=O) groups excluding carboxylic acids is 1. The van der Waals surface area contributed by atoms with Gasteiger partial charge in [-0.1, -0.05) is 24.3 Å². The number of anilines is 1. The van der Waals surface area contributed by atoms with Gasteiger partial charge < -0.3 is 5.32 Å². The first-order valence-electron chi connectivity index (χ1n) is 10.6. The Balaban J connectivity index is 1.72. The molecule has 0 bridgehead atoms. The van der Waals surface area contributed by atoms with E-state index in [1.165, 1.54) is 24.3 Å². The average Bonchev–Trinajstić information content (AvgIpc) is 3.31. The number of sulfone groups is 1. The summed E-state index contributed by atoms with van der Waals surface area (Å²) >= 11 is 0. The van der Waals surface area contributed by atoms with Gasteiger partial charge in [-0.25, -0.2) is 21.9 Å². The minimum absolute atomic E-state index is 0.0456. The number of aromatic nitrogens is 2. The van der Waals surface area contributed by atoms with E-state index >= 15 is 0 Å². The molecule has 1 N–H and O–H groups in total. The van der Waals surface area contributed by atoms with Crippen LogP contribution in [-0.2, 0) is 16.0 Å². The maximum atomic E-state index is 15.0. The summed E-state index contributed by atoms with van der Waals surface area (Å²) < 4.78 is 93.5. The highest BCUT2D eigenvalue weighted by atomic mass is 32.2. The van der Waals surface area contributed by atoms with Crippen LogP contribution in [-0.4, -0.2) is 30.4 Å². The van der Waals surface area contributed by atoms with E-state index < -0.39 is 56.2 Å². The van der Waals surface area contributed by atoms with E-state index in [4.69, 9.17) is 5.26 Å². The molecule has 0 radical (unpaired) electrons. The monoisotopic (exact) mass is 546 g/mol. The second-order valence-electron chi connectivity index (χ2n) is 8.02. The normalized spacial score (nSPS) is 11.7. The number of alkyl halides is 3. The Morgan fingerprint density at radius 3 is 2.34 bits per heavy atom. The average molecular weight is 546 g/mol. The number of hydrogen-bond acceptors (Lipinski definition) is 5. The molecule has 194 valence electrons. The predicted molar refractivity (Wildman–Crippen MR) is 126 cm³/mol. The van der Waals surface area contributed by atoms with Crippen molar-refractivity contribution < 1.29 is 35.2 Å². The molecule has 0 saturated carbocycles. The van der Waals surface area contributed by atoms with Gasteiger partial charge in [0.05, 0.1) is 21.8 Å². The first kappa shape index (κ1) is 26.5. The second-order valence-corrected chi connectivity index (χ2v) is 10.0.